The number of allylic oxidation sites excluding steroid dienone is 10. The molecule has 0 unspecified atom stereocenters. The quantitative estimate of drug-likeness (QED) is 0.0262. The maximum atomic E-state index is 12.8. The lowest BCUT2D eigenvalue weighted by atomic mass is 10.1. The van der Waals surface area contributed by atoms with Gasteiger partial charge in [0.1, 0.15) is 13.2 Å². The van der Waals surface area contributed by atoms with Crippen LogP contribution >= 0.6 is 0 Å². The summed E-state index contributed by atoms with van der Waals surface area (Å²) in [5.74, 6) is -0.951. The molecule has 0 spiro atoms. The Morgan fingerprint density at radius 3 is 0.968 bits per heavy atom. The summed E-state index contributed by atoms with van der Waals surface area (Å²) in [6.45, 7) is 6.56. The van der Waals surface area contributed by atoms with Crippen LogP contribution in [0.5, 0.6) is 0 Å². The first kappa shape index (κ1) is 60.1. The van der Waals surface area contributed by atoms with Gasteiger partial charge in [-0.3, -0.25) is 14.4 Å². The minimum absolute atomic E-state index is 0.0949. The second-order valence-electron chi connectivity index (χ2n) is 17.8. The monoisotopic (exact) mass is 881 g/mol. The van der Waals surface area contributed by atoms with Crippen molar-refractivity contribution in [2.45, 2.75) is 271 Å². The fourth-order valence-electron chi connectivity index (χ4n) is 7.43. The molecule has 0 aliphatic rings. The van der Waals surface area contributed by atoms with Gasteiger partial charge in [-0.05, 0) is 83.5 Å². The van der Waals surface area contributed by atoms with Crippen molar-refractivity contribution in [3.8, 4) is 0 Å². The van der Waals surface area contributed by atoms with Crippen molar-refractivity contribution in [2.24, 2.45) is 0 Å². The predicted molar refractivity (Wildman–Crippen MR) is 270 cm³/mol. The summed E-state index contributed by atoms with van der Waals surface area (Å²) in [5.41, 5.74) is 0. The third-order valence-corrected chi connectivity index (χ3v) is 11.5. The number of esters is 3. The molecule has 0 N–H and O–H groups in total. The standard InChI is InChI=1S/C57H100O6/c1-4-7-10-13-16-19-22-24-26-28-30-32-35-38-41-44-47-50-56(59)62-53-54(52-61-55(58)49-46-43-40-37-34-21-18-15-12-9-6-3)63-57(60)51-48-45-42-39-36-33-31-29-27-25-23-20-17-14-11-8-5-2/h16,19,24-27,31,33,39,42,54H,4-15,17-18,20-23,28-30,32,34-38,40-41,43-53H2,1-3H3/b19-16-,26-24-,27-25-,33-31-,42-39-/t54-/m0/s1. The van der Waals surface area contributed by atoms with Crippen molar-refractivity contribution < 1.29 is 28.6 Å². The second-order valence-corrected chi connectivity index (χ2v) is 17.8. The normalized spacial score (nSPS) is 12.5. The van der Waals surface area contributed by atoms with Crippen LogP contribution in [-0.2, 0) is 28.6 Å². The molecule has 0 bridgehead atoms. The molecule has 0 aromatic heterocycles. The number of carbonyl (C=O) groups is 3. The maximum Gasteiger partial charge on any atom is 0.306 e. The molecule has 0 saturated carbocycles. The van der Waals surface area contributed by atoms with Gasteiger partial charge in [0.05, 0.1) is 0 Å². The Balaban J connectivity index is 4.44. The summed E-state index contributed by atoms with van der Waals surface area (Å²) < 4.78 is 16.8. The van der Waals surface area contributed by atoms with Crippen LogP contribution in [0.25, 0.3) is 0 Å². The highest BCUT2D eigenvalue weighted by molar-refractivity contribution is 5.71. The van der Waals surface area contributed by atoms with Crippen LogP contribution in [0.3, 0.4) is 0 Å². The van der Waals surface area contributed by atoms with Gasteiger partial charge in [0.2, 0.25) is 0 Å². The molecular formula is C57H100O6. The summed E-state index contributed by atoms with van der Waals surface area (Å²) in [6.07, 6.45) is 63.5. The van der Waals surface area contributed by atoms with Crippen LogP contribution in [0.15, 0.2) is 60.8 Å². The molecule has 0 amide bonds. The number of hydrogen-bond acceptors (Lipinski definition) is 6. The van der Waals surface area contributed by atoms with Gasteiger partial charge in [-0.25, -0.2) is 0 Å². The van der Waals surface area contributed by atoms with Crippen molar-refractivity contribution >= 4 is 17.9 Å². The van der Waals surface area contributed by atoms with Crippen LogP contribution in [0.4, 0.5) is 0 Å². The number of hydrogen-bond donors (Lipinski definition) is 0. The molecule has 0 aliphatic heterocycles. The SMILES string of the molecule is CCCCC/C=C\C/C=C\CCCCCCCCCC(=O)OC[C@H](COC(=O)CCCCCCCCCCCCC)OC(=O)CCC/C=C\C/C=C\C/C=C\CCCCCCCC. The predicted octanol–water partition coefficient (Wildman–Crippen LogP) is 17.6. The Bertz CT molecular complexity index is 1150. The molecule has 0 rings (SSSR count). The van der Waals surface area contributed by atoms with E-state index in [9.17, 15) is 14.4 Å². The Morgan fingerprint density at radius 1 is 0.317 bits per heavy atom. The molecule has 6 heteroatoms. The highest BCUT2D eigenvalue weighted by Gasteiger charge is 2.19. The van der Waals surface area contributed by atoms with E-state index in [1.165, 1.54) is 148 Å². The third kappa shape index (κ3) is 50.0. The molecule has 0 aliphatic carbocycles. The van der Waals surface area contributed by atoms with Gasteiger partial charge in [-0.1, -0.05) is 223 Å². The van der Waals surface area contributed by atoms with Gasteiger partial charge in [0.15, 0.2) is 6.10 Å². The van der Waals surface area contributed by atoms with E-state index in [1.54, 1.807) is 0 Å². The van der Waals surface area contributed by atoms with E-state index in [2.05, 4.69) is 81.5 Å². The number of unbranched alkanes of at least 4 members (excludes halogenated alkanes) is 27. The molecule has 0 aromatic rings. The Morgan fingerprint density at radius 2 is 0.587 bits per heavy atom. The number of carbonyl (C=O) groups excluding carboxylic acids is 3. The number of ether oxygens (including phenoxy) is 3. The first-order valence-corrected chi connectivity index (χ1v) is 26.8. The van der Waals surface area contributed by atoms with Gasteiger partial charge in [0, 0.05) is 19.3 Å². The summed E-state index contributed by atoms with van der Waals surface area (Å²) >= 11 is 0. The molecular weight excluding hydrogens is 781 g/mol. The highest BCUT2D eigenvalue weighted by Crippen LogP contribution is 2.14. The van der Waals surface area contributed by atoms with Gasteiger partial charge in [-0.2, -0.15) is 0 Å². The van der Waals surface area contributed by atoms with Gasteiger partial charge in [0.25, 0.3) is 0 Å². The summed E-state index contributed by atoms with van der Waals surface area (Å²) in [7, 11) is 0. The van der Waals surface area contributed by atoms with Crippen molar-refractivity contribution in [3.63, 3.8) is 0 Å². The molecule has 6 nitrogen and oxygen atoms in total. The van der Waals surface area contributed by atoms with E-state index >= 15 is 0 Å². The van der Waals surface area contributed by atoms with Crippen molar-refractivity contribution in [3.05, 3.63) is 60.8 Å². The Labute approximate surface area is 390 Å². The van der Waals surface area contributed by atoms with E-state index in [-0.39, 0.29) is 37.5 Å². The summed E-state index contributed by atoms with van der Waals surface area (Å²) in [5, 5.41) is 0. The fourth-order valence-corrected chi connectivity index (χ4v) is 7.43. The highest BCUT2D eigenvalue weighted by atomic mass is 16.6. The topological polar surface area (TPSA) is 78.9 Å². The van der Waals surface area contributed by atoms with Crippen LogP contribution in [0.1, 0.15) is 265 Å². The summed E-state index contributed by atoms with van der Waals surface area (Å²) in [6, 6.07) is 0. The third-order valence-electron chi connectivity index (χ3n) is 11.5. The van der Waals surface area contributed by atoms with Crippen LogP contribution in [0.2, 0.25) is 0 Å². The minimum Gasteiger partial charge on any atom is -0.462 e. The first-order valence-electron chi connectivity index (χ1n) is 26.8. The molecule has 0 aromatic carbocycles. The van der Waals surface area contributed by atoms with Crippen LogP contribution < -0.4 is 0 Å². The van der Waals surface area contributed by atoms with Crippen LogP contribution in [-0.4, -0.2) is 37.2 Å². The molecule has 364 valence electrons. The zero-order valence-electron chi connectivity index (χ0n) is 41.6. The Kier molecular flexibility index (Phi) is 49.4. The summed E-state index contributed by atoms with van der Waals surface area (Å²) in [4.78, 5) is 38.0. The average Bonchev–Trinajstić information content (AvgIpc) is 3.28. The van der Waals surface area contributed by atoms with Crippen molar-refractivity contribution in [1.29, 1.82) is 0 Å². The maximum absolute atomic E-state index is 12.8. The van der Waals surface area contributed by atoms with E-state index in [0.29, 0.717) is 19.3 Å². The minimum atomic E-state index is -0.801. The van der Waals surface area contributed by atoms with Crippen molar-refractivity contribution in [2.75, 3.05) is 13.2 Å². The Hall–Kier alpha value is -2.89. The zero-order valence-corrected chi connectivity index (χ0v) is 41.6. The molecule has 63 heavy (non-hydrogen) atoms. The zero-order chi connectivity index (χ0) is 45.8. The molecule has 0 heterocycles. The second kappa shape index (κ2) is 51.7. The molecule has 0 saturated heterocycles. The smallest absolute Gasteiger partial charge is 0.306 e. The van der Waals surface area contributed by atoms with Crippen LogP contribution in [0, 0.1) is 0 Å². The molecule has 1 atom stereocenters. The van der Waals surface area contributed by atoms with E-state index in [0.717, 1.165) is 70.6 Å². The largest absolute Gasteiger partial charge is 0.462 e. The molecule has 0 radical (unpaired) electrons. The fraction of sp³-hybridized carbons (Fsp3) is 0.772. The van der Waals surface area contributed by atoms with Gasteiger partial charge >= 0.3 is 17.9 Å². The van der Waals surface area contributed by atoms with E-state index in [4.69, 9.17) is 14.2 Å². The van der Waals surface area contributed by atoms with Gasteiger partial charge < -0.3 is 14.2 Å². The van der Waals surface area contributed by atoms with Gasteiger partial charge in [-0.15, -0.1) is 0 Å². The first-order chi connectivity index (χ1) is 31.0. The van der Waals surface area contributed by atoms with E-state index in [1.807, 2.05) is 0 Å². The van der Waals surface area contributed by atoms with Crippen molar-refractivity contribution in [1.82, 2.24) is 0 Å². The average molecular weight is 881 g/mol. The number of rotatable bonds is 48. The lowest BCUT2D eigenvalue weighted by Gasteiger charge is -2.18. The lowest BCUT2D eigenvalue weighted by molar-refractivity contribution is -0.167. The van der Waals surface area contributed by atoms with E-state index < -0.39 is 6.10 Å². The lowest BCUT2D eigenvalue weighted by Crippen LogP contribution is -2.30. The molecule has 0 fully saturated rings.